The summed E-state index contributed by atoms with van der Waals surface area (Å²) in [7, 11) is 0. The Labute approximate surface area is 168 Å². The highest BCUT2D eigenvalue weighted by Crippen LogP contribution is 2.44. The Morgan fingerprint density at radius 3 is 2.75 bits per heavy atom. The van der Waals surface area contributed by atoms with Crippen molar-refractivity contribution in [3.63, 3.8) is 0 Å². The van der Waals surface area contributed by atoms with E-state index in [2.05, 4.69) is 52.7 Å². The van der Waals surface area contributed by atoms with Crippen LogP contribution in [0.2, 0.25) is 5.02 Å². The number of nitrogens with zero attached hydrogens (tertiary/aromatic N) is 3. The lowest BCUT2D eigenvalue weighted by molar-refractivity contribution is -0.123. The molecule has 2 aliphatic rings. The first-order chi connectivity index (χ1) is 13.6. The van der Waals surface area contributed by atoms with Crippen LogP contribution in [0.15, 0.2) is 66.6 Å². The van der Waals surface area contributed by atoms with E-state index in [0.29, 0.717) is 17.4 Å². The summed E-state index contributed by atoms with van der Waals surface area (Å²) >= 11 is 6.16. The Kier molecular flexibility index (Phi) is 4.05. The van der Waals surface area contributed by atoms with Crippen LogP contribution in [0, 0.1) is 12.8 Å². The lowest BCUT2D eigenvalue weighted by Crippen LogP contribution is -2.40. The van der Waals surface area contributed by atoms with Crippen molar-refractivity contribution in [3.05, 3.63) is 88.3 Å². The van der Waals surface area contributed by atoms with E-state index in [1.165, 1.54) is 11.9 Å². The molecule has 0 radical (unpaired) electrons. The fourth-order valence-corrected chi connectivity index (χ4v) is 4.42. The van der Waals surface area contributed by atoms with Crippen molar-refractivity contribution >= 4 is 23.3 Å². The molecule has 0 fully saturated rings. The van der Waals surface area contributed by atoms with E-state index < -0.39 is 0 Å². The molecular weight excluding hydrogens is 372 g/mol. The van der Waals surface area contributed by atoms with Crippen LogP contribution in [-0.2, 0) is 4.79 Å². The first kappa shape index (κ1) is 17.2. The van der Waals surface area contributed by atoms with Gasteiger partial charge in [-0.05, 0) is 30.2 Å². The molecule has 0 saturated heterocycles. The Morgan fingerprint density at radius 2 is 1.96 bits per heavy atom. The highest BCUT2D eigenvalue weighted by molar-refractivity contribution is 6.30. The molecule has 0 unspecified atom stereocenters. The number of rotatable bonds is 2. The predicted octanol–water partition coefficient (Wildman–Crippen LogP) is 4.51. The molecule has 5 nitrogen and oxygen atoms in total. The minimum Gasteiger partial charge on any atom is -0.328 e. The average molecular weight is 391 g/mol. The highest BCUT2D eigenvalue weighted by atomic mass is 35.5. The predicted molar refractivity (Wildman–Crippen MR) is 108 cm³/mol. The molecule has 140 valence electrons. The number of aromatic nitrogens is 3. The van der Waals surface area contributed by atoms with Crippen LogP contribution in [-0.4, -0.2) is 20.5 Å². The number of carbonyl (C=O) groups excluding carboxylic acids is 1. The van der Waals surface area contributed by atoms with Crippen molar-refractivity contribution in [2.45, 2.75) is 25.3 Å². The van der Waals surface area contributed by atoms with Gasteiger partial charge in [-0.1, -0.05) is 59.6 Å². The maximum Gasteiger partial charge on any atom is 0.226 e. The summed E-state index contributed by atoms with van der Waals surface area (Å²) in [6.07, 6.45) is 4.13. The van der Waals surface area contributed by atoms with Gasteiger partial charge in [0.25, 0.3) is 0 Å². The zero-order valence-corrected chi connectivity index (χ0v) is 16.1. The maximum absolute atomic E-state index is 13.3. The molecule has 0 saturated carbocycles. The molecule has 5 rings (SSSR count). The third kappa shape index (κ3) is 2.83. The number of fused-ring (bicyclic) bond motifs is 2. The summed E-state index contributed by atoms with van der Waals surface area (Å²) in [6.45, 7) is 2.06. The van der Waals surface area contributed by atoms with Gasteiger partial charge in [-0.15, -0.1) is 0 Å². The van der Waals surface area contributed by atoms with Crippen molar-refractivity contribution < 1.29 is 4.79 Å². The standard InChI is InChI=1S/C22H19ClN4O/c1-13-5-7-14(8-6-13)21-20-18(26-22-24-12-25-27(21)22)10-16(11-19(20)28)15-3-2-4-17(23)9-15/h2-10,12,16,20-21H,11H2,1H3,(H,24,25,26)/t16-,20+,21+/m0/s1. The quantitative estimate of drug-likeness (QED) is 0.699. The molecule has 3 aromatic rings. The van der Waals surface area contributed by atoms with E-state index in [9.17, 15) is 4.79 Å². The van der Waals surface area contributed by atoms with Crippen LogP contribution in [0.25, 0.3) is 0 Å². The summed E-state index contributed by atoms with van der Waals surface area (Å²) in [6, 6.07) is 15.8. The SMILES string of the molecule is Cc1ccc([C@@H]2[C@H]3C(=O)C[C@@H](c4cccc(Cl)c4)C=C3Nc3ncnn32)cc1. The van der Waals surface area contributed by atoms with Gasteiger partial charge in [-0.25, -0.2) is 4.68 Å². The van der Waals surface area contributed by atoms with E-state index in [1.807, 2.05) is 28.9 Å². The number of Topliss-reactive ketones (excluding diaryl/α,β-unsaturated/α-hetero) is 1. The Morgan fingerprint density at radius 1 is 1.14 bits per heavy atom. The van der Waals surface area contributed by atoms with E-state index in [1.54, 1.807) is 0 Å². The molecule has 2 heterocycles. The van der Waals surface area contributed by atoms with Crippen LogP contribution in [0.3, 0.4) is 0 Å². The van der Waals surface area contributed by atoms with Gasteiger partial charge in [-0.3, -0.25) is 4.79 Å². The van der Waals surface area contributed by atoms with Crippen LogP contribution < -0.4 is 5.32 Å². The molecule has 6 heteroatoms. The summed E-state index contributed by atoms with van der Waals surface area (Å²) in [5, 5.41) is 8.41. The van der Waals surface area contributed by atoms with Crippen molar-refractivity contribution in [1.82, 2.24) is 14.8 Å². The Hall–Kier alpha value is -2.92. The summed E-state index contributed by atoms with van der Waals surface area (Å²) in [5.41, 5.74) is 4.19. The molecule has 1 aliphatic carbocycles. The van der Waals surface area contributed by atoms with E-state index in [4.69, 9.17) is 11.6 Å². The number of nitrogens with one attached hydrogen (secondary N) is 1. The second kappa shape index (κ2) is 6.60. The van der Waals surface area contributed by atoms with E-state index >= 15 is 0 Å². The van der Waals surface area contributed by atoms with Crippen LogP contribution in [0.4, 0.5) is 5.95 Å². The molecule has 0 spiro atoms. The molecule has 0 bridgehead atoms. The molecule has 1 N–H and O–H groups in total. The lowest BCUT2D eigenvalue weighted by atomic mass is 9.75. The number of hydrogen-bond donors (Lipinski definition) is 1. The minimum atomic E-state index is -0.299. The van der Waals surface area contributed by atoms with E-state index in [-0.39, 0.29) is 23.7 Å². The number of hydrogen-bond acceptors (Lipinski definition) is 4. The van der Waals surface area contributed by atoms with Crippen molar-refractivity contribution in [1.29, 1.82) is 0 Å². The van der Waals surface area contributed by atoms with Gasteiger partial charge in [0, 0.05) is 23.1 Å². The summed E-state index contributed by atoms with van der Waals surface area (Å²) < 4.78 is 1.82. The second-order valence-corrected chi connectivity index (χ2v) is 7.88. The van der Waals surface area contributed by atoms with Gasteiger partial charge in [0.1, 0.15) is 12.1 Å². The zero-order valence-electron chi connectivity index (χ0n) is 15.3. The van der Waals surface area contributed by atoms with Gasteiger partial charge in [0.05, 0.1) is 12.0 Å². The van der Waals surface area contributed by atoms with Gasteiger partial charge < -0.3 is 5.32 Å². The van der Waals surface area contributed by atoms with Gasteiger partial charge >= 0.3 is 0 Å². The summed E-state index contributed by atoms with van der Waals surface area (Å²) in [5.74, 6) is 0.555. The Balaban J connectivity index is 1.61. The van der Waals surface area contributed by atoms with Crippen molar-refractivity contribution in [2.75, 3.05) is 5.32 Å². The van der Waals surface area contributed by atoms with Crippen molar-refractivity contribution in [2.24, 2.45) is 5.92 Å². The number of anilines is 1. The fourth-order valence-electron chi connectivity index (χ4n) is 4.22. The number of allylic oxidation sites excluding steroid dienone is 2. The minimum absolute atomic E-state index is 0.00177. The van der Waals surface area contributed by atoms with E-state index in [0.717, 1.165) is 16.8 Å². The van der Waals surface area contributed by atoms with Crippen LogP contribution in [0.1, 0.15) is 35.1 Å². The number of carbonyl (C=O) groups is 1. The Bertz CT molecular complexity index is 1090. The molecule has 28 heavy (non-hydrogen) atoms. The number of halogens is 1. The average Bonchev–Trinajstić information content (AvgIpc) is 3.15. The normalized spacial score (nSPS) is 23.4. The molecule has 0 amide bonds. The first-order valence-electron chi connectivity index (χ1n) is 9.33. The second-order valence-electron chi connectivity index (χ2n) is 7.44. The lowest BCUT2D eigenvalue weighted by Gasteiger charge is -2.38. The maximum atomic E-state index is 13.3. The first-order valence-corrected chi connectivity index (χ1v) is 9.71. The third-order valence-electron chi connectivity index (χ3n) is 5.59. The highest BCUT2D eigenvalue weighted by Gasteiger charge is 2.43. The smallest absolute Gasteiger partial charge is 0.226 e. The van der Waals surface area contributed by atoms with Crippen LogP contribution in [0.5, 0.6) is 0 Å². The van der Waals surface area contributed by atoms with Gasteiger partial charge in [-0.2, -0.15) is 10.1 Å². The third-order valence-corrected chi connectivity index (χ3v) is 5.82. The van der Waals surface area contributed by atoms with Crippen molar-refractivity contribution in [3.8, 4) is 0 Å². The zero-order chi connectivity index (χ0) is 19.3. The van der Waals surface area contributed by atoms with Gasteiger partial charge in [0.15, 0.2) is 0 Å². The fraction of sp³-hybridized carbons (Fsp3) is 0.227. The van der Waals surface area contributed by atoms with Crippen LogP contribution >= 0.6 is 11.6 Å². The largest absolute Gasteiger partial charge is 0.328 e. The molecular formula is C22H19ClN4O. The monoisotopic (exact) mass is 390 g/mol. The molecule has 1 aliphatic heterocycles. The molecule has 3 atom stereocenters. The summed E-state index contributed by atoms with van der Waals surface area (Å²) in [4.78, 5) is 17.6. The topological polar surface area (TPSA) is 59.8 Å². The number of ketones is 1. The van der Waals surface area contributed by atoms with Gasteiger partial charge in [0.2, 0.25) is 5.95 Å². The number of aryl methyl sites for hydroxylation is 1. The molecule has 2 aromatic carbocycles. The molecule has 1 aromatic heterocycles. The number of benzene rings is 2.